The molecule has 7 nitrogen and oxygen atoms in total. The Labute approximate surface area is 196 Å². The van der Waals surface area contributed by atoms with Gasteiger partial charge in [0.2, 0.25) is 0 Å². The number of halogens is 3. The molecule has 1 aliphatic heterocycles. The number of carbonyl (C=O) groups is 4. The predicted octanol–water partition coefficient (Wildman–Crippen LogP) is 4.73. The number of fused-ring (bicyclic) bond motifs is 1. The van der Waals surface area contributed by atoms with Gasteiger partial charge in [-0.2, -0.15) is 0 Å². The number of ether oxygens (including phenoxy) is 1. The van der Waals surface area contributed by atoms with Gasteiger partial charge in [-0.05, 0) is 60.7 Å². The summed E-state index contributed by atoms with van der Waals surface area (Å²) in [5.74, 6) is -3.27. The molecule has 10 heteroatoms. The topological polar surface area (TPSA) is 92.8 Å². The fourth-order valence-electron chi connectivity index (χ4n) is 3.18. The number of benzene rings is 3. The number of rotatable bonds is 5. The molecule has 33 heavy (non-hydrogen) atoms. The van der Waals surface area contributed by atoms with Crippen molar-refractivity contribution in [3.63, 3.8) is 0 Å². The zero-order chi connectivity index (χ0) is 23.7. The second-order valence-corrected chi connectivity index (χ2v) is 7.77. The van der Waals surface area contributed by atoms with Crippen molar-refractivity contribution in [3.05, 3.63) is 93.2 Å². The summed E-state index contributed by atoms with van der Waals surface area (Å²) in [7, 11) is 0. The highest BCUT2D eigenvalue weighted by molar-refractivity contribution is 6.37. The number of hydrogen-bond acceptors (Lipinski definition) is 5. The summed E-state index contributed by atoms with van der Waals surface area (Å²) in [5, 5.41) is 3.10. The molecule has 0 spiro atoms. The van der Waals surface area contributed by atoms with Crippen molar-refractivity contribution in [1.82, 2.24) is 0 Å². The van der Waals surface area contributed by atoms with Crippen molar-refractivity contribution in [3.8, 4) is 0 Å². The molecule has 0 radical (unpaired) electrons. The molecule has 1 aliphatic rings. The van der Waals surface area contributed by atoms with E-state index in [1.807, 2.05) is 0 Å². The number of imide groups is 1. The van der Waals surface area contributed by atoms with E-state index >= 15 is 0 Å². The van der Waals surface area contributed by atoms with Gasteiger partial charge in [0.25, 0.3) is 17.7 Å². The zero-order valence-corrected chi connectivity index (χ0v) is 18.1. The maximum Gasteiger partial charge on any atom is 0.338 e. The number of nitrogens with one attached hydrogen (secondary N) is 1. The summed E-state index contributed by atoms with van der Waals surface area (Å²) in [6.45, 7) is -0.608. The molecule has 0 unspecified atom stereocenters. The first-order valence-corrected chi connectivity index (χ1v) is 10.2. The number of carbonyl (C=O) groups excluding carboxylic acids is 4. The Morgan fingerprint density at radius 3 is 2.30 bits per heavy atom. The largest absolute Gasteiger partial charge is 0.452 e. The lowest BCUT2D eigenvalue weighted by Crippen LogP contribution is -2.29. The third kappa shape index (κ3) is 4.57. The van der Waals surface area contributed by atoms with Crippen molar-refractivity contribution in [2.45, 2.75) is 0 Å². The fourth-order valence-corrected chi connectivity index (χ4v) is 3.64. The van der Waals surface area contributed by atoms with Crippen molar-refractivity contribution in [1.29, 1.82) is 0 Å². The number of nitrogens with zero attached hydrogens (tertiary/aromatic N) is 1. The van der Waals surface area contributed by atoms with Crippen LogP contribution in [0.3, 0.4) is 0 Å². The number of esters is 1. The van der Waals surface area contributed by atoms with E-state index in [1.165, 1.54) is 48.5 Å². The van der Waals surface area contributed by atoms with Gasteiger partial charge in [-0.3, -0.25) is 14.4 Å². The molecule has 4 rings (SSSR count). The Kier molecular flexibility index (Phi) is 6.13. The van der Waals surface area contributed by atoms with Crippen LogP contribution in [0.4, 0.5) is 15.8 Å². The molecule has 0 saturated heterocycles. The van der Waals surface area contributed by atoms with Crippen molar-refractivity contribution in [2.24, 2.45) is 0 Å². The molecule has 0 bridgehead atoms. The maximum absolute atomic E-state index is 13.2. The Morgan fingerprint density at radius 1 is 0.909 bits per heavy atom. The molecule has 1 N–H and O–H groups in total. The van der Waals surface area contributed by atoms with Gasteiger partial charge in [0.05, 0.1) is 33.1 Å². The summed E-state index contributed by atoms with van der Waals surface area (Å²) < 4.78 is 18.2. The molecule has 3 aromatic carbocycles. The van der Waals surface area contributed by atoms with Crippen LogP contribution in [0.25, 0.3) is 0 Å². The van der Waals surface area contributed by atoms with Gasteiger partial charge < -0.3 is 10.1 Å². The summed E-state index contributed by atoms with van der Waals surface area (Å²) in [5.41, 5.74) is 0.564. The van der Waals surface area contributed by atoms with Crippen LogP contribution in [0.5, 0.6) is 0 Å². The average Bonchev–Trinajstić information content (AvgIpc) is 3.04. The van der Waals surface area contributed by atoms with Crippen LogP contribution in [0, 0.1) is 5.82 Å². The van der Waals surface area contributed by atoms with Crippen LogP contribution in [-0.4, -0.2) is 30.3 Å². The SMILES string of the molecule is O=C(COC(=O)c1ccc2c(c1)C(=O)N(c1ccc(F)cc1)C2=O)Nc1ccc(Cl)cc1Cl. The van der Waals surface area contributed by atoms with E-state index < -0.39 is 36.1 Å². The highest BCUT2D eigenvalue weighted by Gasteiger charge is 2.37. The number of anilines is 2. The molecule has 0 saturated carbocycles. The minimum atomic E-state index is -0.865. The normalized spacial score (nSPS) is 12.5. The van der Waals surface area contributed by atoms with E-state index in [0.29, 0.717) is 10.7 Å². The molecule has 0 atom stereocenters. The van der Waals surface area contributed by atoms with Crippen molar-refractivity contribution >= 4 is 58.3 Å². The fraction of sp³-hybridized carbons (Fsp3) is 0.0435. The van der Waals surface area contributed by atoms with Gasteiger partial charge in [-0.15, -0.1) is 0 Å². The second-order valence-electron chi connectivity index (χ2n) is 6.93. The van der Waals surface area contributed by atoms with Crippen molar-refractivity contribution in [2.75, 3.05) is 16.8 Å². The highest BCUT2D eigenvalue weighted by atomic mass is 35.5. The van der Waals surface area contributed by atoms with Crippen LogP contribution < -0.4 is 10.2 Å². The van der Waals surface area contributed by atoms with Gasteiger partial charge in [-0.1, -0.05) is 23.2 Å². The summed E-state index contributed by atoms with van der Waals surface area (Å²) in [4.78, 5) is 50.8. The molecule has 0 aromatic heterocycles. The Balaban J connectivity index is 1.44. The highest BCUT2D eigenvalue weighted by Crippen LogP contribution is 2.29. The molecule has 0 aliphatic carbocycles. The van der Waals surface area contributed by atoms with Crippen LogP contribution in [0.15, 0.2) is 60.7 Å². The Morgan fingerprint density at radius 2 is 1.61 bits per heavy atom. The van der Waals surface area contributed by atoms with Gasteiger partial charge >= 0.3 is 5.97 Å². The molecular formula is C23H13Cl2FN2O5. The average molecular weight is 487 g/mol. The summed E-state index contributed by atoms with van der Waals surface area (Å²) in [6, 6.07) is 13.2. The monoisotopic (exact) mass is 486 g/mol. The van der Waals surface area contributed by atoms with Crippen LogP contribution in [-0.2, 0) is 9.53 Å². The van der Waals surface area contributed by atoms with E-state index in [4.69, 9.17) is 27.9 Å². The smallest absolute Gasteiger partial charge is 0.338 e. The van der Waals surface area contributed by atoms with Crippen LogP contribution in [0.1, 0.15) is 31.1 Å². The molecule has 166 valence electrons. The molecule has 3 aromatic rings. The Hall–Kier alpha value is -3.75. The first kappa shape index (κ1) is 22.4. The lowest BCUT2D eigenvalue weighted by atomic mass is 10.1. The molecular weight excluding hydrogens is 474 g/mol. The van der Waals surface area contributed by atoms with Gasteiger partial charge in [-0.25, -0.2) is 14.1 Å². The molecule has 0 fully saturated rings. The molecule has 1 heterocycles. The van der Waals surface area contributed by atoms with Crippen LogP contribution in [0.2, 0.25) is 10.0 Å². The quantitative estimate of drug-likeness (QED) is 0.415. The van der Waals surface area contributed by atoms with E-state index in [2.05, 4.69) is 5.32 Å². The van der Waals surface area contributed by atoms with Crippen LogP contribution >= 0.6 is 23.2 Å². The van der Waals surface area contributed by atoms with Gasteiger partial charge in [0.15, 0.2) is 6.61 Å². The minimum Gasteiger partial charge on any atom is -0.452 e. The summed E-state index contributed by atoms with van der Waals surface area (Å²) >= 11 is 11.8. The number of amides is 3. The van der Waals surface area contributed by atoms with Gasteiger partial charge in [0.1, 0.15) is 5.82 Å². The maximum atomic E-state index is 13.2. The first-order valence-electron chi connectivity index (χ1n) is 9.45. The third-order valence-electron chi connectivity index (χ3n) is 4.75. The first-order chi connectivity index (χ1) is 15.7. The van der Waals surface area contributed by atoms with E-state index in [1.54, 1.807) is 0 Å². The van der Waals surface area contributed by atoms with Gasteiger partial charge in [0, 0.05) is 5.02 Å². The third-order valence-corrected chi connectivity index (χ3v) is 5.29. The molecule has 3 amide bonds. The second kappa shape index (κ2) is 9.01. The minimum absolute atomic E-state index is 0.00354. The standard InChI is InChI=1S/C23H13Cl2FN2O5/c24-13-2-8-19(18(25)10-13)27-20(29)11-33-23(32)12-1-7-16-17(9-12)22(31)28(21(16)30)15-5-3-14(26)4-6-15/h1-10H,11H2,(H,27,29). The predicted molar refractivity (Wildman–Crippen MR) is 119 cm³/mol. The van der Waals surface area contributed by atoms with E-state index in [-0.39, 0.29) is 27.4 Å². The summed E-state index contributed by atoms with van der Waals surface area (Å²) in [6.07, 6.45) is 0. The Bertz CT molecular complexity index is 1310. The lowest BCUT2D eigenvalue weighted by molar-refractivity contribution is -0.119. The zero-order valence-electron chi connectivity index (χ0n) is 16.6. The lowest BCUT2D eigenvalue weighted by Gasteiger charge is -2.13. The van der Waals surface area contributed by atoms with E-state index in [9.17, 15) is 23.6 Å². The number of hydrogen-bond donors (Lipinski definition) is 1. The van der Waals surface area contributed by atoms with Crippen molar-refractivity contribution < 1.29 is 28.3 Å². The van der Waals surface area contributed by atoms with E-state index in [0.717, 1.165) is 17.0 Å².